The van der Waals surface area contributed by atoms with Gasteiger partial charge in [-0.3, -0.25) is 9.59 Å². The molecular weight excluding hydrogens is 288 g/mol. The quantitative estimate of drug-likeness (QED) is 0.929. The highest BCUT2D eigenvalue weighted by Crippen LogP contribution is 2.37. The Labute approximate surface area is 138 Å². The Morgan fingerprint density at radius 1 is 1.30 bits per heavy atom. The fourth-order valence-corrected chi connectivity index (χ4v) is 3.78. The number of carbonyl (C=O) groups is 2. The van der Waals surface area contributed by atoms with E-state index in [0.29, 0.717) is 24.9 Å². The highest BCUT2D eigenvalue weighted by molar-refractivity contribution is 5.89. The van der Waals surface area contributed by atoms with Crippen LogP contribution in [0.2, 0.25) is 0 Å². The van der Waals surface area contributed by atoms with E-state index in [1.807, 2.05) is 30.3 Å². The zero-order valence-electron chi connectivity index (χ0n) is 14.0. The van der Waals surface area contributed by atoms with Crippen molar-refractivity contribution in [2.45, 2.75) is 52.1 Å². The molecule has 2 aliphatic rings. The average Bonchev–Trinajstić information content (AvgIpc) is 3.03. The summed E-state index contributed by atoms with van der Waals surface area (Å²) in [6, 6.07) is 10.2. The molecule has 4 nitrogen and oxygen atoms in total. The highest BCUT2D eigenvalue weighted by Gasteiger charge is 2.37. The van der Waals surface area contributed by atoms with E-state index in [1.54, 1.807) is 4.90 Å². The zero-order valence-corrected chi connectivity index (χ0v) is 14.0. The van der Waals surface area contributed by atoms with Gasteiger partial charge in [0.15, 0.2) is 0 Å². The first-order chi connectivity index (χ1) is 10.9. The van der Waals surface area contributed by atoms with Crippen LogP contribution in [-0.2, 0) is 16.1 Å². The molecule has 0 radical (unpaired) electrons. The van der Waals surface area contributed by atoms with E-state index in [1.165, 1.54) is 0 Å². The summed E-state index contributed by atoms with van der Waals surface area (Å²) < 4.78 is 0. The lowest BCUT2D eigenvalue weighted by molar-refractivity contribution is -0.129. The fraction of sp³-hybridized carbons (Fsp3) is 0.579. The number of likely N-dealkylation sites (tertiary alicyclic amines) is 1. The number of nitrogens with one attached hydrogen (secondary N) is 1. The zero-order chi connectivity index (χ0) is 16.4. The van der Waals surface area contributed by atoms with Gasteiger partial charge in [-0.2, -0.15) is 0 Å². The Morgan fingerprint density at radius 2 is 2.04 bits per heavy atom. The SMILES string of the molecule is CC1(C)CCC(NC(=O)C2CC(=O)N(Cc3ccccc3)C2)C1. The number of benzene rings is 1. The van der Waals surface area contributed by atoms with E-state index >= 15 is 0 Å². The molecular formula is C19H26N2O2. The molecule has 1 heterocycles. The topological polar surface area (TPSA) is 49.4 Å². The minimum absolute atomic E-state index is 0.0524. The summed E-state index contributed by atoms with van der Waals surface area (Å²) in [6.45, 7) is 5.63. The van der Waals surface area contributed by atoms with Gasteiger partial charge in [-0.15, -0.1) is 0 Å². The van der Waals surface area contributed by atoms with Crippen LogP contribution in [0.15, 0.2) is 30.3 Å². The first-order valence-corrected chi connectivity index (χ1v) is 8.55. The lowest BCUT2D eigenvalue weighted by Crippen LogP contribution is -2.39. The fourth-order valence-electron chi connectivity index (χ4n) is 3.78. The van der Waals surface area contributed by atoms with Crippen molar-refractivity contribution in [3.05, 3.63) is 35.9 Å². The Balaban J connectivity index is 1.54. The molecule has 1 aromatic carbocycles. The maximum atomic E-state index is 12.5. The summed E-state index contributed by atoms with van der Waals surface area (Å²) in [5.74, 6) is -0.0627. The van der Waals surface area contributed by atoms with Crippen molar-refractivity contribution in [3.63, 3.8) is 0 Å². The molecule has 1 saturated heterocycles. The van der Waals surface area contributed by atoms with Crippen molar-refractivity contribution in [3.8, 4) is 0 Å². The molecule has 1 aliphatic heterocycles. The minimum Gasteiger partial charge on any atom is -0.353 e. The second kappa shape index (κ2) is 6.34. The van der Waals surface area contributed by atoms with Gasteiger partial charge in [-0.05, 0) is 30.2 Å². The molecule has 2 amide bonds. The molecule has 124 valence electrons. The summed E-state index contributed by atoms with van der Waals surface area (Å²) in [5.41, 5.74) is 1.43. The molecule has 4 heteroatoms. The van der Waals surface area contributed by atoms with Gasteiger partial charge in [0.1, 0.15) is 0 Å². The third-order valence-electron chi connectivity index (χ3n) is 5.12. The molecule has 1 saturated carbocycles. The van der Waals surface area contributed by atoms with Crippen molar-refractivity contribution >= 4 is 11.8 Å². The van der Waals surface area contributed by atoms with Crippen LogP contribution in [0.1, 0.15) is 45.1 Å². The van der Waals surface area contributed by atoms with E-state index < -0.39 is 0 Å². The van der Waals surface area contributed by atoms with Crippen LogP contribution in [0.5, 0.6) is 0 Å². The first kappa shape index (κ1) is 16.0. The van der Waals surface area contributed by atoms with Crippen molar-refractivity contribution < 1.29 is 9.59 Å². The van der Waals surface area contributed by atoms with E-state index in [-0.39, 0.29) is 23.8 Å². The van der Waals surface area contributed by atoms with Gasteiger partial charge in [0.2, 0.25) is 11.8 Å². The molecule has 3 rings (SSSR count). The molecule has 0 spiro atoms. The summed E-state index contributed by atoms with van der Waals surface area (Å²) in [7, 11) is 0. The maximum absolute atomic E-state index is 12.5. The molecule has 0 bridgehead atoms. The van der Waals surface area contributed by atoms with Crippen LogP contribution in [0.3, 0.4) is 0 Å². The smallest absolute Gasteiger partial charge is 0.225 e. The first-order valence-electron chi connectivity index (χ1n) is 8.55. The van der Waals surface area contributed by atoms with Crippen LogP contribution >= 0.6 is 0 Å². The van der Waals surface area contributed by atoms with E-state index in [0.717, 1.165) is 24.8 Å². The minimum atomic E-state index is -0.199. The Hall–Kier alpha value is -1.84. The third-order valence-corrected chi connectivity index (χ3v) is 5.12. The second-order valence-corrected chi connectivity index (χ2v) is 7.77. The van der Waals surface area contributed by atoms with Crippen LogP contribution < -0.4 is 5.32 Å². The summed E-state index contributed by atoms with van der Waals surface area (Å²) in [5, 5.41) is 3.16. The van der Waals surface area contributed by atoms with Crippen molar-refractivity contribution in [1.82, 2.24) is 10.2 Å². The van der Waals surface area contributed by atoms with Crippen LogP contribution in [-0.4, -0.2) is 29.3 Å². The number of amides is 2. The lowest BCUT2D eigenvalue weighted by Gasteiger charge is -2.20. The van der Waals surface area contributed by atoms with Gasteiger partial charge in [-0.1, -0.05) is 44.2 Å². The number of hydrogen-bond acceptors (Lipinski definition) is 2. The maximum Gasteiger partial charge on any atom is 0.225 e. The van der Waals surface area contributed by atoms with E-state index in [2.05, 4.69) is 19.2 Å². The Morgan fingerprint density at radius 3 is 2.70 bits per heavy atom. The lowest BCUT2D eigenvalue weighted by atomic mass is 9.92. The van der Waals surface area contributed by atoms with Gasteiger partial charge in [0.25, 0.3) is 0 Å². The van der Waals surface area contributed by atoms with Gasteiger partial charge < -0.3 is 10.2 Å². The largest absolute Gasteiger partial charge is 0.353 e. The summed E-state index contributed by atoms with van der Waals surface area (Å²) >= 11 is 0. The molecule has 1 N–H and O–H groups in total. The standard InChI is InChI=1S/C19H26N2O2/c1-19(2)9-8-16(11-19)20-18(23)15-10-17(22)21(13-15)12-14-6-4-3-5-7-14/h3-7,15-16H,8-13H2,1-2H3,(H,20,23). The predicted molar refractivity (Wildman–Crippen MR) is 89.5 cm³/mol. The Bertz CT molecular complexity index is 582. The van der Waals surface area contributed by atoms with Crippen molar-refractivity contribution in [2.75, 3.05) is 6.54 Å². The van der Waals surface area contributed by atoms with Crippen LogP contribution in [0.25, 0.3) is 0 Å². The van der Waals surface area contributed by atoms with Gasteiger partial charge in [-0.25, -0.2) is 0 Å². The number of nitrogens with zero attached hydrogens (tertiary/aromatic N) is 1. The summed E-state index contributed by atoms with van der Waals surface area (Å²) in [6.07, 6.45) is 3.58. The van der Waals surface area contributed by atoms with Crippen molar-refractivity contribution in [2.24, 2.45) is 11.3 Å². The predicted octanol–water partition coefficient (Wildman–Crippen LogP) is 2.73. The third kappa shape index (κ3) is 3.92. The van der Waals surface area contributed by atoms with Gasteiger partial charge in [0.05, 0.1) is 5.92 Å². The monoisotopic (exact) mass is 314 g/mol. The van der Waals surface area contributed by atoms with Crippen LogP contribution in [0, 0.1) is 11.3 Å². The average molecular weight is 314 g/mol. The Kier molecular flexibility index (Phi) is 4.42. The van der Waals surface area contributed by atoms with E-state index in [4.69, 9.17) is 0 Å². The summed E-state index contributed by atoms with van der Waals surface area (Å²) in [4.78, 5) is 26.4. The van der Waals surface area contributed by atoms with Gasteiger partial charge >= 0.3 is 0 Å². The van der Waals surface area contributed by atoms with Crippen LogP contribution in [0.4, 0.5) is 0 Å². The second-order valence-electron chi connectivity index (χ2n) is 7.77. The normalized spacial score (nSPS) is 26.5. The molecule has 2 unspecified atom stereocenters. The molecule has 2 atom stereocenters. The molecule has 1 aliphatic carbocycles. The van der Waals surface area contributed by atoms with Crippen molar-refractivity contribution in [1.29, 1.82) is 0 Å². The van der Waals surface area contributed by atoms with E-state index in [9.17, 15) is 9.59 Å². The molecule has 2 fully saturated rings. The highest BCUT2D eigenvalue weighted by atomic mass is 16.2. The number of rotatable bonds is 4. The molecule has 23 heavy (non-hydrogen) atoms. The molecule has 0 aromatic heterocycles. The molecule has 1 aromatic rings. The van der Waals surface area contributed by atoms with Gasteiger partial charge in [0, 0.05) is 25.6 Å². The number of hydrogen-bond donors (Lipinski definition) is 1. The number of carbonyl (C=O) groups excluding carboxylic acids is 2.